The second kappa shape index (κ2) is 12.7. The Hall–Kier alpha value is -3.56. The zero-order valence-electron chi connectivity index (χ0n) is 23.6. The van der Waals surface area contributed by atoms with Crippen molar-refractivity contribution in [3.8, 4) is 5.75 Å². The van der Waals surface area contributed by atoms with Gasteiger partial charge in [-0.05, 0) is 82.1 Å². The van der Waals surface area contributed by atoms with Crippen LogP contribution < -0.4 is 14.4 Å². The third-order valence-corrected chi connectivity index (χ3v) is 8.43. The second-order valence-electron chi connectivity index (χ2n) is 10.5. The average molecular weight is 586 g/mol. The number of carbonyl (C=O) groups excluding carboxylic acids is 2. The summed E-state index contributed by atoms with van der Waals surface area (Å²) < 4.78 is 33.9. The molecule has 0 spiro atoms. The van der Waals surface area contributed by atoms with Gasteiger partial charge in [0, 0.05) is 17.1 Å². The van der Waals surface area contributed by atoms with Crippen molar-refractivity contribution >= 4 is 39.1 Å². The molecular formula is C30H36ClN3O5S. The fraction of sp³-hybridized carbons (Fsp3) is 0.333. The summed E-state index contributed by atoms with van der Waals surface area (Å²) in [7, 11) is -2.60. The van der Waals surface area contributed by atoms with Crippen molar-refractivity contribution in [2.75, 3.05) is 18.0 Å². The number of nitrogens with zero attached hydrogens (tertiary/aromatic N) is 2. The molecule has 0 aliphatic heterocycles. The van der Waals surface area contributed by atoms with Gasteiger partial charge in [0.05, 0.1) is 17.7 Å². The zero-order chi connectivity index (χ0) is 29.7. The summed E-state index contributed by atoms with van der Waals surface area (Å²) in [5.41, 5.74) is 1.23. The van der Waals surface area contributed by atoms with Gasteiger partial charge in [0.15, 0.2) is 0 Å². The molecule has 0 fully saturated rings. The van der Waals surface area contributed by atoms with E-state index < -0.39 is 34.1 Å². The minimum Gasteiger partial charge on any atom is -0.497 e. The number of carbonyl (C=O) groups is 2. The van der Waals surface area contributed by atoms with Gasteiger partial charge in [0.1, 0.15) is 18.3 Å². The van der Waals surface area contributed by atoms with Crippen LogP contribution in [-0.4, -0.2) is 50.4 Å². The van der Waals surface area contributed by atoms with Gasteiger partial charge in [-0.15, -0.1) is 0 Å². The van der Waals surface area contributed by atoms with E-state index in [0.717, 1.165) is 15.4 Å². The van der Waals surface area contributed by atoms with Gasteiger partial charge in [-0.25, -0.2) is 8.42 Å². The van der Waals surface area contributed by atoms with Crippen LogP contribution in [0.25, 0.3) is 0 Å². The normalized spacial score (nSPS) is 12.4. The van der Waals surface area contributed by atoms with E-state index in [2.05, 4.69) is 5.32 Å². The molecule has 0 heterocycles. The van der Waals surface area contributed by atoms with Gasteiger partial charge in [-0.1, -0.05) is 48.0 Å². The molecule has 0 aliphatic rings. The molecule has 1 N–H and O–H groups in total. The van der Waals surface area contributed by atoms with E-state index in [1.165, 1.54) is 23.1 Å². The third-order valence-electron chi connectivity index (χ3n) is 6.23. The SMILES string of the molecule is COc1ccc(CN(C(=O)CN(c2ccc(C)c(Cl)c2)S(=O)(=O)c2ccccc2)[C@@H](C)C(=O)NC(C)(C)C)cc1. The molecule has 0 saturated carbocycles. The molecule has 3 rings (SSSR count). The quantitative estimate of drug-likeness (QED) is 0.353. The monoisotopic (exact) mass is 585 g/mol. The number of rotatable bonds is 10. The number of aryl methyl sites for hydroxylation is 1. The summed E-state index contributed by atoms with van der Waals surface area (Å²) in [4.78, 5) is 28.6. The average Bonchev–Trinajstić information content (AvgIpc) is 2.91. The van der Waals surface area contributed by atoms with E-state index in [0.29, 0.717) is 10.8 Å². The van der Waals surface area contributed by atoms with Crippen LogP contribution in [0, 0.1) is 6.92 Å². The number of hydrogen-bond donors (Lipinski definition) is 1. The summed E-state index contributed by atoms with van der Waals surface area (Å²) >= 11 is 6.36. The highest BCUT2D eigenvalue weighted by atomic mass is 35.5. The molecule has 0 bridgehead atoms. The van der Waals surface area contributed by atoms with Crippen LogP contribution in [0.1, 0.15) is 38.8 Å². The lowest BCUT2D eigenvalue weighted by Gasteiger charge is -2.33. The Balaban J connectivity index is 2.04. The third kappa shape index (κ3) is 7.76. The first-order valence-corrected chi connectivity index (χ1v) is 14.6. The maximum absolute atomic E-state index is 14.0. The molecule has 3 aromatic rings. The molecule has 10 heteroatoms. The van der Waals surface area contributed by atoms with Gasteiger partial charge in [-0.2, -0.15) is 0 Å². The molecule has 0 unspecified atom stereocenters. The lowest BCUT2D eigenvalue weighted by Crippen LogP contribution is -2.54. The maximum atomic E-state index is 14.0. The molecular weight excluding hydrogens is 550 g/mol. The number of hydrogen-bond acceptors (Lipinski definition) is 5. The van der Waals surface area contributed by atoms with Crippen molar-refractivity contribution in [2.45, 2.75) is 57.6 Å². The first-order chi connectivity index (χ1) is 18.7. The van der Waals surface area contributed by atoms with Crippen molar-refractivity contribution in [1.82, 2.24) is 10.2 Å². The molecule has 0 saturated heterocycles. The van der Waals surface area contributed by atoms with E-state index in [4.69, 9.17) is 16.3 Å². The van der Waals surface area contributed by atoms with Crippen molar-refractivity contribution in [3.05, 3.63) is 88.9 Å². The predicted molar refractivity (Wildman–Crippen MR) is 158 cm³/mol. The first kappa shape index (κ1) is 31.0. The Labute approximate surface area is 241 Å². The van der Waals surface area contributed by atoms with Crippen molar-refractivity contribution in [2.24, 2.45) is 0 Å². The fourth-order valence-electron chi connectivity index (χ4n) is 3.97. The van der Waals surface area contributed by atoms with Crippen molar-refractivity contribution < 1.29 is 22.7 Å². The van der Waals surface area contributed by atoms with E-state index in [-0.39, 0.29) is 23.0 Å². The van der Waals surface area contributed by atoms with Crippen LogP contribution >= 0.6 is 11.6 Å². The molecule has 214 valence electrons. The van der Waals surface area contributed by atoms with E-state index >= 15 is 0 Å². The van der Waals surface area contributed by atoms with Crippen LogP contribution in [0.15, 0.2) is 77.7 Å². The van der Waals surface area contributed by atoms with E-state index in [1.54, 1.807) is 75.6 Å². The highest BCUT2D eigenvalue weighted by molar-refractivity contribution is 7.92. The number of halogens is 1. The minimum absolute atomic E-state index is 0.0275. The number of benzene rings is 3. The van der Waals surface area contributed by atoms with Gasteiger partial charge >= 0.3 is 0 Å². The molecule has 2 amide bonds. The molecule has 8 nitrogen and oxygen atoms in total. The summed E-state index contributed by atoms with van der Waals surface area (Å²) in [5, 5.41) is 3.28. The highest BCUT2D eigenvalue weighted by Gasteiger charge is 2.33. The van der Waals surface area contributed by atoms with Crippen LogP contribution in [-0.2, 0) is 26.2 Å². The zero-order valence-corrected chi connectivity index (χ0v) is 25.2. The Kier molecular flexibility index (Phi) is 9.87. The van der Waals surface area contributed by atoms with Crippen LogP contribution in [0.2, 0.25) is 5.02 Å². The molecule has 0 aromatic heterocycles. The lowest BCUT2D eigenvalue weighted by atomic mass is 10.1. The standard InChI is InChI=1S/C30H36ClN3O5S/c1-21-12-15-24(18-27(21)31)34(40(37,38)26-10-8-7-9-11-26)20-28(35)33(22(2)29(36)32-30(3,4)5)19-23-13-16-25(39-6)17-14-23/h7-18,22H,19-20H2,1-6H3,(H,32,36)/t22-/m0/s1. The number of amides is 2. The number of anilines is 1. The first-order valence-electron chi connectivity index (χ1n) is 12.8. The summed E-state index contributed by atoms with van der Waals surface area (Å²) in [6.45, 7) is 8.52. The Bertz CT molecular complexity index is 1440. The smallest absolute Gasteiger partial charge is 0.264 e. The Morgan fingerprint density at radius 1 is 1.00 bits per heavy atom. The van der Waals surface area contributed by atoms with Gasteiger partial charge in [-0.3, -0.25) is 13.9 Å². The van der Waals surface area contributed by atoms with Crippen LogP contribution in [0.3, 0.4) is 0 Å². The summed E-state index contributed by atoms with van der Waals surface area (Å²) in [6.07, 6.45) is 0. The molecule has 1 atom stereocenters. The van der Waals surface area contributed by atoms with E-state index in [1.807, 2.05) is 20.8 Å². The van der Waals surface area contributed by atoms with Gasteiger partial charge < -0.3 is 15.0 Å². The highest BCUT2D eigenvalue weighted by Crippen LogP contribution is 2.28. The number of sulfonamides is 1. The number of methoxy groups -OCH3 is 1. The van der Waals surface area contributed by atoms with Crippen molar-refractivity contribution in [3.63, 3.8) is 0 Å². The van der Waals surface area contributed by atoms with Crippen LogP contribution in [0.4, 0.5) is 5.69 Å². The van der Waals surface area contributed by atoms with Crippen molar-refractivity contribution in [1.29, 1.82) is 0 Å². The Morgan fingerprint density at radius 3 is 2.17 bits per heavy atom. The molecule has 0 radical (unpaired) electrons. The van der Waals surface area contributed by atoms with Crippen LogP contribution in [0.5, 0.6) is 5.75 Å². The second-order valence-corrected chi connectivity index (χ2v) is 12.8. The number of ether oxygens (including phenoxy) is 1. The summed E-state index contributed by atoms with van der Waals surface area (Å²) in [5.74, 6) is -0.259. The van der Waals surface area contributed by atoms with E-state index in [9.17, 15) is 18.0 Å². The number of nitrogens with one attached hydrogen (secondary N) is 1. The lowest BCUT2D eigenvalue weighted by molar-refractivity contribution is -0.140. The molecule has 40 heavy (non-hydrogen) atoms. The van der Waals surface area contributed by atoms with Gasteiger partial charge in [0.2, 0.25) is 11.8 Å². The Morgan fingerprint density at radius 2 is 1.62 bits per heavy atom. The largest absolute Gasteiger partial charge is 0.497 e. The molecule has 0 aliphatic carbocycles. The van der Waals surface area contributed by atoms with Gasteiger partial charge in [0.25, 0.3) is 10.0 Å². The molecule has 3 aromatic carbocycles. The predicted octanol–water partition coefficient (Wildman–Crippen LogP) is 5.18. The summed E-state index contributed by atoms with van der Waals surface area (Å²) in [6, 6.07) is 18.9. The topological polar surface area (TPSA) is 96.0 Å². The minimum atomic E-state index is -4.16. The maximum Gasteiger partial charge on any atom is 0.264 e. The fourth-order valence-corrected chi connectivity index (χ4v) is 5.57.